The molecule has 1 aliphatic rings. The Hall–Kier alpha value is -3.44. The average Bonchev–Trinajstić information content (AvgIpc) is 3.42. The van der Waals surface area contributed by atoms with E-state index < -0.39 is 23.5 Å². The van der Waals surface area contributed by atoms with Gasteiger partial charge in [-0.25, -0.2) is 9.97 Å². The molecular weight excluding hydrogens is 487 g/mol. The molecule has 35 heavy (non-hydrogen) atoms. The van der Waals surface area contributed by atoms with E-state index >= 15 is 0 Å². The summed E-state index contributed by atoms with van der Waals surface area (Å²) in [6, 6.07) is 5.93. The van der Waals surface area contributed by atoms with E-state index in [9.17, 15) is 18.3 Å². The smallest absolute Gasteiger partial charge is 0.433 e. The minimum absolute atomic E-state index is 0.102. The summed E-state index contributed by atoms with van der Waals surface area (Å²) in [6.45, 7) is 1.58. The van der Waals surface area contributed by atoms with Crippen molar-refractivity contribution in [1.29, 1.82) is 0 Å². The second kappa shape index (κ2) is 8.35. The van der Waals surface area contributed by atoms with Gasteiger partial charge in [0, 0.05) is 18.0 Å². The fourth-order valence-electron chi connectivity index (χ4n) is 4.36. The Bertz CT molecular complexity index is 1380. The van der Waals surface area contributed by atoms with Gasteiger partial charge in [0.1, 0.15) is 11.4 Å². The van der Waals surface area contributed by atoms with Crippen molar-refractivity contribution >= 4 is 11.6 Å². The fourth-order valence-corrected chi connectivity index (χ4v) is 4.65. The van der Waals surface area contributed by atoms with Gasteiger partial charge in [0.05, 0.1) is 41.1 Å². The number of benzene rings is 1. The highest BCUT2D eigenvalue weighted by molar-refractivity contribution is 6.35. The van der Waals surface area contributed by atoms with Crippen LogP contribution in [0, 0.1) is 0 Å². The normalized spacial score (nSPS) is 20.0. The number of rotatable bonds is 5. The third-order valence-corrected chi connectivity index (χ3v) is 6.31. The first kappa shape index (κ1) is 23.3. The van der Waals surface area contributed by atoms with E-state index in [4.69, 9.17) is 20.9 Å². The second-order valence-electron chi connectivity index (χ2n) is 8.54. The summed E-state index contributed by atoms with van der Waals surface area (Å²) in [5.41, 5.74) is -1.70. The Labute approximate surface area is 202 Å². The van der Waals surface area contributed by atoms with Crippen LogP contribution in [-0.4, -0.2) is 42.7 Å². The summed E-state index contributed by atoms with van der Waals surface area (Å²) in [4.78, 5) is 8.44. The van der Waals surface area contributed by atoms with E-state index in [1.54, 1.807) is 31.2 Å². The van der Waals surface area contributed by atoms with Gasteiger partial charge in [-0.3, -0.25) is 4.68 Å². The molecule has 0 bridgehead atoms. The lowest BCUT2D eigenvalue weighted by Crippen LogP contribution is -2.43. The van der Waals surface area contributed by atoms with Gasteiger partial charge >= 0.3 is 6.18 Å². The Morgan fingerprint density at radius 2 is 1.89 bits per heavy atom. The van der Waals surface area contributed by atoms with Crippen LogP contribution in [0.15, 0.2) is 47.4 Å². The summed E-state index contributed by atoms with van der Waals surface area (Å²) in [5.74, 6) is 0.259. The maximum absolute atomic E-state index is 14.3. The number of ether oxygens (including phenoxy) is 1. The number of aromatic nitrogens is 5. The lowest BCUT2D eigenvalue weighted by Gasteiger charge is -2.41. The molecule has 12 heteroatoms. The van der Waals surface area contributed by atoms with Crippen LogP contribution in [0.1, 0.15) is 31.5 Å². The van der Waals surface area contributed by atoms with Crippen molar-refractivity contribution < 1.29 is 27.5 Å². The number of hydrogen-bond acceptors (Lipinski definition) is 7. The van der Waals surface area contributed by atoms with Crippen LogP contribution in [0.5, 0.6) is 5.75 Å². The molecule has 3 aromatic heterocycles. The number of alkyl halides is 3. The molecular formula is C23H19ClF3N5O3. The molecule has 1 aliphatic carbocycles. The molecule has 0 saturated heterocycles. The van der Waals surface area contributed by atoms with Gasteiger partial charge in [0.2, 0.25) is 0 Å². The zero-order valence-corrected chi connectivity index (χ0v) is 19.3. The summed E-state index contributed by atoms with van der Waals surface area (Å²) in [7, 11) is 1.45. The van der Waals surface area contributed by atoms with Gasteiger partial charge in [0.25, 0.3) is 0 Å². The van der Waals surface area contributed by atoms with E-state index in [2.05, 4.69) is 20.2 Å². The van der Waals surface area contributed by atoms with Gasteiger partial charge in [-0.2, -0.15) is 18.3 Å². The first-order valence-corrected chi connectivity index (χ1v) is 11.0. The SMILES string of the molecule is COc1cccc(-c2noc(-c3cnn(C4CC(C)(O)C4)c3C(F)(F)F)c2-c2ncccn2)c1Cl. The lowest BCUT2D eigenvalue weighted by atomic mass is 9.77. The van der Waals surface area contributed by atoms with E-state index in [0.29, 0.717) is 11.3 Å². The summed E-state index contributed by atoms with van der Waals surface area (Å²) < 4.78 is 54.6. The fraction of sp³-hybridized carbons (Fsp3) is 0.304. The molecule has 0 radical (unpaired) electrons. The Morgan fingerprint density at radius 1 is 1.17 bits per heavy atom. The maximum Gasteiger partial charge on any atom is 0.433 e. The Kier molecular flexibility index (Phi) is 5.56. The first-order chi connectivity index (χ1) is 16.6. The Balaban J connectivity index is 1.74. The number of halogens is 4. The molecule has 0 amide bonds. The van der Waals surface area contributed by atoms with E-state index in [0.717, 1.165) is 10.9 Å². The molecule has 0 atom stereocenters. The van der Waals surface area contributed by atoms with Crippen LogP contribution in [0.4, 0.5) is 13.2 Å². The molecule has 4 aromatic rings. The molecule has 1 saturated carbocycles. The average molecular weight is 506 g/mol. The molecule has 1 aromatic carbocycles. The van der Waals surface area contributed by atoms with Crippen LogP contribution in [-0.2, 0) is 6.18 Å². The van der Waals surface area contributed by atoms with Gasteiger partial charge in [0.15, 0.2) is 17.3 Å². The second-order valence-corrected chi connectivity index (χ2v) is 8.92. The topological polar surface area (TPSA) is 99.1 Å². The minimum atomic E-state index is -4.76. The van der Waals surface area contributed by atoms with Gasteiger partial charge < -0.3 is 14.4 Å². The van der Waals surface area contributed by atoms with Crippen molar-refractivity contribution in [3.05, 3.63) is 53.6 Å². The predicted octanol–water partition coefficient (Wildman–Crippen LogP) is 5.43. The molecule has 1 N–H and O–H groups in total. The highest BCUT2D eigenvalue weighted by atomic mass is 35.5. The highest BCUT2D eigenvalue weighted by Crippen LogP contribution is 2.49. The number of nitrogens with zero attached hydrogens (tertiary/aromatic N) is 5. The molecule has 3 heterocycles. The quantitative estimate of drug-likeness (QED) is 0.386. The molecule has 0 unspecified atom stereocenters. The first-order valence-electron chi connectivity index (χ1n) is 10.6. The van der Waals surface area contributed by atoms with Gasteiger partial charge in [-0.05, 0) is 31.9 Å². The standard InChI is InChI=1S/C23H19ClF3N5O3/c1-22(33)9-12(10-22)32-20(23(25,26)27)14(11-30-32)19-16(21-28-7-4-8-29-21)18(31-35-19)13-5-3-6-15(34-2)17(13)24/h3-8,11-12,33H,9-10H2,1-2H3. The molecule has 182 valence electrons. The molecule has 0 spiro atoms. The number of methoxy groups -OCH3 is 1. The molecule has 8 nitrogen and oxygen atoms in total. The van der Waals surface area contributed by atoms with Crippen LogP contribution >= 0.6 is 11.6 Å². The van der Waals surface area contributed by atoms with Crippen molar-refractivity contribution in [2.75, 3.05) is 7.11 Å². The Morgan fingerprint density at radius 3 is 2.51 bits per heavy atom. The molecule has 5 rings (SSSR count). The van der Waals surface area contributed by atoms with Crippen molar-refractivity contribution in [2.45, 2.75) is 37.6 Å². The van der Waals surface area contributed by atoms with Gasteiger partial charge in [-0.1, -0.05) is 28.9 Å². The zero-order chi connectivity index (χ0) is 25.0. The summed E-state index contributed by atoms with van der Waals surface area (Å²) >= 11 is 6.49. The minimum Gasteiger partial charge on any atom is -0.495 e. The van der Waals surface area contributed by atoms with Crippen molar-refractivity contribution in [3.8, 4) is 39.7 Å². The van der Waals surface area contributed by atoms with E-state index in [1.165, 1.54) is 19.5 Å². The summed E-state index contributed by atoms with van der Waals surface area (Å²) in [5, 5.41) is 18.4. The maximum atomic E-state index is 14.3. The van der Waals surface area contributed by atoms with Crippen LogP contribution in [0.25, 0.3) is 34.0 Å². The molecule has 1 fully saturated rings. The largest absolute Gasteiger partial charge is 0.495 e. The van der Waals surface area contributed by atoms with Crippen molar-refractivity contribution in [2.24, 2.45) is 0 Å². The van der Waals surface area contributed by atoms with Gasteiger partial charge in [-0.15, -0.1) is 0 Å². The lowest BCUT2D eigenvalue weighted by molar-refractivity contribution is -0.148. The number of hydrogen-bond donors (Lipinski definition) is 1. The third kappa shape index (κ3) is 4.04. The monoisotopic (exact) mass is 505 g/mol. The van der Waals surface area contributed by atoms with Crippen LogP contribution < -0.4 is 4.74 Å². The zero-order valence-electron chi connectivity index (χ0n) is 18.5. The van der Waals surface area contributed by atoms with Crippen LogP contribution in [0.3, 0.4) is 0 Å². The molecule has 0 aliphatic heterocycles. The summed E-state index contributed by atoms with van der Waals surface area (Å²) in [6.07, 6.45) is -0.469. The van der Waals surface area contributed by atoms with E-state index in [-0.39, 0.29) is 46.3 Å². The highest BCUT2D eigenvalue weighted by Gasteiger charge is 2.47. The predicted molar refractivity (Wildman–Crippen MR) is 120 cm³/mol. The number of aliphatic hydroxyl groups is 1. The van der Waals surface area contributed by atoms with Crippen molar-refractivity contribution in [3.63, 3.8) is 0 Å². The van der Waals surface area contributed by atoms with E-state index in [1.807, 2.05) is 0 Å². The third-order valence-electron chi connectivity index (χ3n) is 5.92. The van der Waals surface area contributed by atoms with Crippen LogP contribution in [0.2, 0.25) is 5.02 Å². The van der Waals surface area contributed by atoms with Crippen molar-refractivity contribution in [1.82, 2.24) is 24.9 Å².